The van der Waals surface area contributed by atoms with Crippen molar-refractivity contribution >= 4 is 57.1 Å². The van der Waals surface area contributed by atoms with Gasteiger partial charge in [0.2, 0.25) is 0 Å². The van der Waals surface area contributed by atoms with E-state index in [0.29, 0.717) is 45.0 Å². The average Bonchev–Trinajstić information content (AvgIpc) is 3.31. The quantitative estimate of drug-likeness (QED) is 0.0454. The van der Waals surface area contributed by atoms with Gasteiger partial charge in [0.15, 0.2) is 11.6 Å². The van der Waals surface area contributed by atoms with E-state index in [9.17, 15) is 0 Å². The third kappa shape index (κ3) is 11.7. The Morgan fingerprint density at radius 3 is 0.672 bits per heavy atom. The number of carbonyl (C=O) groups is 2. The van der Waals surface area contributed by atoms with Gasteiger partial charge >= 0.3 is 0 Å². The molecule has 0 bridgehead atoms. The summed E-state index contributed by atoms with van der Waals surface area (Å²) in [6.45, 7) is 8.89. The van der Waals surface area contributed by atoms with E-state index >= 15 is 9.59 Å². The number of carbonyl (C=O) groups excluding carboxylic acids is 2. The molecular formula is C58H68N4O2. The monoisotopic (exact) mass is 853 g/mol. The number of fused-ring (bicyclic) bond motifs is 2. The maximum Gasteiger partial charge on any atom is 0.198 e. The van der Waals surface area contributed by atoms with Crippen LogP contribution in [0.4, 0.5) is 45.5 Å². The minimum atomic E-state index is -0.216. The molecule has 0 aliphatic heterocycles. The zero-order valence-electron chi connectivity index (χ0n) is 38.7. The first kappa shape index (κ1) is 45.9. The van der Waals surface area contributed by atoms with E-state index in [0.717, 1.165) is 74.1 Å². The van der Waals surface area contributed by atoms with Crippen LogP contribution in [0, 0.1) is 0 Å². The Morgan fingerprint density at radius 1 is 0.281 bits per heavy atom. The van der Waals surface area contributed by atoms with E-state index in [1.54, 1.807) is 0 Å². The fourth-order valence-corrected chi connectivity index (χ4v) is 8.77. The van der Waals surface area contributed by atoms with Crippen molar-refractivity contribution < 1.29 is 9.59 Å². The Bertz CT molecular complexity index is 2110. The lowest BCUT2D eigenvalue weighted by Gasteiger charge is -2.27. The molecule has 0 spiro atoms. The highest BCUT2D eigenvalue weighted by molar-refractivity contribution is 6.35. The summed E-state index contributed by atoms with van der Waals surface area (Å²) in [4.78, 5) is 31.1. The Balaban J connectivity index is 1.30. The number of aryl methyl sites for hydroxylation is 4. The molecule has 64 heavy (non-hydrogen) atoms. The van der Waals surface area contributed by atoms with Gasteiger partial charge in [0.05, 0.1) is 45.0 Å². The van der Waals surface area contributed by atoms with Gasteiger partial charge < -0.3 is 21.3 Å². The van der Waals surface area contributed by atoms with Crippen molar-refractivity contribution in [1.82, 2.24) is 0 Å². The van der Waals surface area contributed by atoms with E-state index in [-0.39, 0.29) is 11.6 Å². The van der Waals surface area contributed by atoms with Gasteiger partial charge in [-0.3, -0.25) is 9.59 Å². The number of nitrogens with one attached hydrogen (secondary N) is 4. The highest BCUT2D eigenvalue weighted by atomic mass is 16.1. The Kier molecular flexibility index (Phi) is 16.5. The van der Waals surface area contributed by atoms with Crippen LogP contribution >= 0.6 is 0 Å². The standard InChI is InChI=1S/C58H68N4O2/c1-5-9-13-17-41-21-29-45(30-22-41)59-49-37-38-50(60-46-31-23-42(24-32-46)18-14-10-6-2)54-53(49)57(63)55-51(61-47-33-25-43(26-34-47)19-15-11-7-3)39-40-52(56(55)58(54)64)62-48-35-27-44(28-36-48)20-16-12-8-4/h21-40,59-62H,5-20H2,1-4H3. The third-order valence-electron chi connectivity index (χ3n) is 12.5. The average molecular weight is 853 g/mol. The third-order valence-corrected chi connectivity index (χ3v) is 12.5. The van der Waals surface area contributed by atoms with Gasteiger partial charge in [-0.1, -0.05) is 128 Å². The predicted molar refractivity (Wildman–Crippen MR) is 272 cm³/mol. The van der Waals surface area contributed by atoms with Gasteiger partial charge in [-0.05, 0) is 146 Å². The topological polar surface area (TPSA) is 82.3 Å². The molecule has 0 radical (unpaired) electrons. The van der Waals surface area contributed by atoms with Crippen molar-refractivity contribution in [2.45, 2.75) is 130 Å². The number of anilines is 8. The summed E-state index contributed by atoms with van der Waals surface area (Å²) in [5.41, 5.74) is 12.4. The molecule has 0 aromatic heterocycles. The molecule has 0 saturated carbocycles. The highest BCUT2D eigenvalue weighted by Gasteiger charge is 2.38. The molecular weight excluding hydrogens is 785 g/mol. The second-order valence-electron chi connectivity index (χ2n) is 17.6. The number of unbranched alkanes of at least 4 members (excludes halogenated alkanes) is 8. The molecule has 0 unspecified atom stereocenters. The lowest BCUT2D eigenvalue weighted by atomic mass is 9.80. The van der Waals surface area contributed by atoms with Gasteiger partial charge in [-0.15, -0.1) is 0 Å². The maximum absolute atomic E-state index is 15.5. The number of hydrogen-bond donors (Lipinski definition) is 4. The van der Waals surface area contributed by atoms with Crippen LogP contribution in [0.3, 0.4) is 0 Å². The highest BCUT2D eigenvalue weighted by Crippen LogP contribution is 2.44. The first-order chi connectivity index (χ1) is 31.4. The first-order valence-corrected chi connectivity index (χ1v) is 24.3. The number of hydrogen-bond acceptors (Lipinski definition) is 6. The lowest BCUT2D eigenvalue weighted by Crippen LogP contribution is -2.25. The van der Waals surface area contributed by atoms with Crippen LogP contribution in [0.1, 0.15) is 159 Å². The molecule has 6 heteroatoms. The van der Waals surface area contributed by atoms with Gasteiger partial charge in [-0.25, -0.2) is 0 Å². The summed E-state index contributed by atoms with van der Waals surface area (Å²) >= 11 is 0. The minimum Gasteiger partial charge on any atom is -0.355 e. The van der Waals surface area contributed by atoms with Crippen LogP contribution in [-0.2, 0) is 25.7 Å². The van der Waals surface area contributed by atoms with Crippen LogP contribution in [0.15, 0.2) is 121 Å². The van der Waals surface area contributed by atoms with Gasteiger partial charge in [0.25, 0.3) is 0 Å². The summed E-state index contributed by atoms with van der Waals surface area (Å²) in [6, 6.07) is 41.5. The number of rotatable bonds is 24. The summed E-state index contributed by atoms with van der Waals surface area (Å²) in [7, 11) is 0. The Morgan fingerprint density at radius 2 is 0.484 bits per heavy atom. The molecule has 0 heterocycles. The summed E-state index contributed by atoms with van der Waals surface area (Å²) in [6.07, 6.45) is 18.3. The van der Waals surface area contributed by atoms with Crippen molar-refractivity contribution in [3.63, 3.8) is 0 Å². The van der Waals surface area contributed by atoms with Crippen LogP contribution in [0.2, 0.25) is 0 Å². The normalized spacial score (nSPS) is 11.9. The molecule has 332 valence electrons. The molecule has 0 fully saturated rings. The predicted octanol–water partition coefficient (Wildman–Crippen LogP) is 16.4. The van der Waals surface area contributed by atoms with Crippen molar-refractivity contribution in [1.29, 1.82) is 0 Å². The molecule has 0 saturated heterocycles. The lowest BCUT2D eigenvalue weighted by molar-refractivity contribution is 0.0981. The van der Waals surface area contributed by atoms with E-state index in [4.69, 9.17) is 0 Å². The molecule has 6 aromatic carbocycles. The zero-order valence-corrected chi connectivity index (χ0v) is 38.7. The summed E-state index contributed by atoms with van der Waals surface area (Å²) < 4.78 is 0. The largest absolute Gasteiger partial charge is 0.355 e. The zero-order chi connectivity index (χ0) is 44.7. The van der Waals surface area contributed by atoms with Gasteiger partial charge in [0.1, 0.15) is 0 Å². The van der Waals surface area contributed by atoms with E-state index in [1.807, 2.05) is 24.3 Å². The fourth-order valence-electron chi connectivity index (χ4n) is 8.77. The molecule has 4 N–H and O–H groups in total. The smallest absolute Gasteiger partial charge is 0.198 e. The second-order valence-corrected chi connectivity index (χ2v) is 17.6. The SMILES string of the molecule is CCCCCc1ccc(Nc2ccc(Nc3ccc(CCCCC)cc3)c3c2C(=O)c2c(Nc4ccc(CCCCC)cc4)ccc(Nc4ccc(CCCCC)cc4)c2C3=O)cc1. The van der Waals surface area contributed by atoms with Crippen molar-refractivity contribution in [3.8, 4) is 0 Å². The molecule has 0 amide bonds. The molecule has 0 atom stereocenters. The van der Waals surface area contributed by atoms with Crippen molar-refractivity contribution in [2.24, 2.45) is 0 Å². The molecule has 6 nitrogen and oxygen atoms in total. The van der Waals surface area contributed by atoms with Crippen LogP contribution in [0.25, 0.3) is 0 Å². The van der Waals surface area contributed by atoms with E-state index in [1.165, 1.54) is 73.6 Å². The Labute approximate surface area is 382 Å². The molecule has 6 aromatic rings. The maximum atomic E-state index is 15.5. The van der Waals surface area contributed by atoms with E-state index < -0.39 is 0 Å². The molecule has 1 aliphatic rings. The van der Waals surface area contributed by atoms with E-state index in [2.05, 4.69) is 146 Å². The number of ketones is 2. The van der Waals surface area contributed by atoms with Crippen LogP contribution in [-0.4, -0.2) is 11.6 Å². The first-order valence-electron chi connectivity index (χ1n) is 24.3. The van der Waals surface area contributed by atoms with Crippen molar-refractivity contribution in [3.05, 3.63) is 166 Å². The van der Waals surface area contributed by atoms with Crippen molar-refractivity contribution in [2.75, 3.05) is 21.3 Å². The molecule has 1 aliphatic carbocycles. The summed E-state index contributed by atoms with van der Waals surface area (Å²) in [5, 5.41) is 14.3. The van der Waals surface area contributed by atoms with Gasteiger partial charge in [-0.2, -0.15) is 0 Å². The second kappa shape index (κ2) is 23.0. The fraction of sp³-hybridized carbons (Fsp3) is 0.345. The Hall–Kier alpha value is -6.14. The number of benzene rings is 6. The van der Waals surface area contributed by atoms with Gasteiger partial charge in [0, 0.05) is 22.7 Å². The van der Waals surface area contributed by atoms with Crippen LogP contribution < -0.4 is 21.3 Å². The minimum absolute atomic E-state index is 0.216. The molecule has 7 rings (SSSR count). The summed E-state index contributed by atoms with van der Waals surface area (Å²) in [5.74, 6) is -0.432. The van der Waals surface area contributed by atoms with Crippen LogP contribution in [0.5, 0.6) is 0 Å².